The van der Waals surface area contributed by atoms with Crippen LogP contribution in [0.25, 0.3) is 0 Å². The Balaban J connectivity index is 3.56. The van der Waals surface area contributed by atoms with Crippen molar-refractivity contribution in [2.75, 3.05) is 0 Å². The molecule has 3 N–H and O–H groups in total. The molecule has 52 valence electrons. The quantitative estimate of drug-likeness (QED) is 0.336. The third-order valence-electron chi connectivity index (χ3n) is 0.932. The van der Waals surface area contributed by atoms with Crippen molar-refractivity contribution in [2.24, 2.45) is 5.84 Å². The molecule has 2 heteroatoms. The molecular formula is C7H14N2. The van der Waals surface area contributed by atoms with E-state index in [9.17, 15) is 0 Å². The second-order valence-electron chi connectivity index (χ2n) is 2.16. The summed E-state index contributed by atoms with van der Waals surface area (Å²) in [5.41, 5.74) is 3.63. The Kier molecular flexibility index (Phi) is 4.01. The molecule has 0 aromatic rings. The first kappa shape index (κ1) is 8.40. The molecule has 9 heavy (non-hydrogen) atoms. The second-order valence-corrected chi connectivity index (χ2v) is 2.16. The summed E-state index contributed by atoms with van der Waals surface area (Å²) in [7, 11) is 0. The molecule has 0 saturated carbocycles. The predicted octanol–water partition coefficient (Wildman–Crippen LogP) is 0.970. The average molecular weight is 126 g/mol. The van der Waals surface area contributed by atoms with Crippen molar-refractivity contribution in [2.45, 2.75) is 19.9 Å². The van der Waals surface area contributed by atoms with Gasteiger partial charge in [0.2, 0.25) is 0 Å². The monoisotopic (exact) mass is 126 g/mol. The van der Waals surface area contributed by atoms with E-state index in [0.717, 1.165) is 5.57 Å². The van der Waals surface area contributed by atoms with Crippen LogP contribution < -0.4 is 11.3 Å². The van der Waals surface area contributed by atoms with Crippen LogP contribution in [0, 0.1) is 0 Å². The van der Waals surface area contributed by atoms with Gasteiger partial charge in [-0.05, 0) is 13.8 Å². The van der Waals surface area contributed by atoms with Crippen molar-refractivity contribution in [1.29, 1.82) is 0 Å². The lowest BCUT2D eigenvalue weighted by Crippen LogP contribution is -2.30. The molecule has 0 fully saturated rings. The van der Waals surface area contributed by atoms with Crippen LogP contribution in [0.5, 0.6) is 0 Å². The fourth-order valence-electron chi connectivity index (χ4n) is 0.364. The van der Waals surface area contributed by atoms with Gasteiger partial charge >= 0.3 is 0 Å². The molecule has 0 spiro atoms. The lowest BCUT2D eigenvalue weighted by atomic mass is 10.2. The SMILES string of the molecule is C=C(C)/C=C\C(C)NN. The van der Waals surface area contributed by atoms with Crippen molar-refractivity contribution < 1.29 is 0 Å². The van der Waals surface area contributed by atoms with Gasteiger partial charge < -0.3 is 0 Å². The summed E-state index contributed by atoms with van der Waals surface area (Å²) in [6.45, 7) is 7.62. The van der Waals surface area contributed by atoms with Crippen LogP contribution in [-0.2, 0) is 0 Å². The van der Waals surface area contributed by atoms with E-state index in [-0.39, 0.29) is 6.04 Å². The van der Waals surface area contributed by atoms with Gasteiger partial charge in [-0.2, -0.15) is 0 Å². The molecule has 0 amide bonds. The van der Waals surface area contributed by atoms with Gasteiger partial charge in [-0.3, -0.25) is 11.3 Å². The van der Waals surface area contributed by atoms with Crippen LogP contribution in [-0.4, -0.2) is 6.04 Å². The summed E-state index contributed by atoms with van der Waals surface area (Å²) >= 11 is 0. The molecule has 1 atom stereocenters. The predicted molar refractivity (Wildman–Crippen MR) is 40.7 cm³/mol. The summed E-state index contributed by atoms with van der Waals surface area (Å²) in [4.78, 5) is 0. The molecule has 0 bridgehead atoms. The number of allylic oxidation sites excluding steroid dienone is 2. The molecule has 0 rings (SSSR count). The summed E-state index contributed by atoms with van der Waals surface area (Å²) < 4.78 is 0. The Morgan fingerprint density at radius 2 is 2.33 bits per heavy atom. The second kappa shape index (κ2) is 4.30. The van der Waals surface area contributed by atoms with Gasteiger partial charge in [0.05, 0.1) is 0 Å². The zero-order chi connectivity index (χ0) is 7.28. The normalized spacial score (nSPS) is 14.1. The largest absolute Gasteiger partial charge is 0.271 e. The summed E-state index contributed by atoms with van der Waals surface area (Å²) in [6, 6.07) is 0.224. The third kappa shape index (κ3) is 5.27. The molecule has 0 heterocycles. The van der Waals surface area contributed by atoms with Crippen molar-refractivity contribution in [3.8, 4) is 0 Å². The lowest BCUT2D eigenvalue weighted by Gasteiger charge is -2.00. The highest BCUT2D eigenvalue weighted by molar-refractivity contribution is 5.12. The van der Waals surface area contributed by atoms with Crippen molar-refractivity contribution in [3.63, 3.8) is 0 Å². The van der Waals surface area contributed by atoms with Crippen molar-refractivity contribution >= 4 is 0 Å². The maximum absolute atomic E-state index is 5.13. The molecule has 0 aliphatic heterocycles. The minimum atomic E-state index is 0.224. The number of nitrogens with two attached hydrogens (primary N) is 1. The number of hydrogen-bond donors (Lipinski definition) is 2. The highest BCUT2D eigenvalue weighted by Crippen LogP contribution is 1.90. The van der Waals surface area contributed by atoms with Crippen LogP contribution in [0.1, 0.15) is 13.8 Å². The molecule has 1 unspecified atom stereocenters. The van der Waals surface area contributed by atoms with Crippen LogP contribution in [0.4, 0.5) is 0 Å². The topological polar surface area (TPSA) is 38.0 Å². The minimum Gasteiger partial charge on any atom is -0.271 e. The maximum Gasteiger partial charge on any atom is 0.0365 e. The molecular weight excluding hydrogens is 112 g/mol. The summed E-state index contributed by atoms with van der Waals surface area (Å²) in [6.07, 6.45) is 3.90. The number of rotatable bonds is 3. The van der Waals surface area contributed by atoms with Gasteiger partial charge in [-0.1, -0.05) is 24.3 Å². The van der Waals surface area contributed by atoms with E-state index in [0.29, 0.717) is 0 Å². The smallest absolute Gasteiger partial charge is 0.0365 e. The van der Waals surface area contributed by atoms with Crippen LogP contribution in [0.15, 0.2) is 24.3 Å². The first-order valence-corrected chi connectivity index (χ1v) is 2.96. The van der Waals surface area contributed by atoms with Crippen molar-refractivity contribution in [1.82, 2.24) is 5.43 Å². The Labute approximate surface area is 56.4 Å². The highest BCUT2D eigenvalue weighted by atomic mass is 15.2. The van der Waals surface area contributed by atoms with Gasteiger partial charge in [0, 0.05) is 6.04 Å². The van der Waals surface area contributed by atoms with E-state index in [1.54, 1.807) is 0 Å². The van der Waals surface area contributed by atoms with E-state index in [2.05, 4.69) is 12.0 Å². The van der Waals surface area contributed by atoms with Gasteiger partial charge in [-0.15, -0.1) is 0 Å². The first-order valence-electron chi connectivity index (χ1n) is 2.96. The molecule has 0 aliphatic rings. The molecule has 0 saturated heterocycles. The van der Waals surface area contributed by atoms with Gasteiger partial charge in [0.1, 0.15) is 0 Å². The van der Waals surface area contributed by atoms with Crippen LogP contribution in [0.2, 0.25) is 0 Å². The average Bonchev–Trinajstić information content (AvgIpc) is 1.83. The fraction of sp³-hybridized carbons (Fsp3) is 0.429. The molecule has 2 nitrogen and oxygen atoms in total. The fourth-order valence-corrected chi connectivity index (χ4v) is 0.364. The molecule has 0 aliphatic carbocycles. The molecule has 0 aromatic carbocycles. The highest BCUT2D eigenvalue weighted by Gasteiger charge is 1.86. The van der Waals surface area contributed by atoms with E-state index in [4.69, 9.17) is 5.84 Å². The van der Waals surface area contributed by atoms with Gasteiger partial charge in [0.25, 0.3) is 0 Å². The first-order chi connectivity index (χ1) is 4.16. The number of nitrogens with one attached hydrogen (secondary N) is 1. The van der Waals surface area contributed by atoms with Gasteiger partial charge in [0.15, 0.2) is 0 Å². The lowest BCUT2D eigenvalue weighted by molar-refractivity contribution is 0.669. The third-order valence-corrected chi connectivity index (χ3v) is 0.932. The summed E-state index contributed by atoms with van der Waals surface area (Å²) in [5, 5.41) is 0. The van der Waals surface area contributed by atoms with Crippen LogP contribution in [0.3, 0.4) is 0 Å². The van der Waals surface area contributed by atoms with Crippen LogP contribution >= 0.6 is 0 Å². The van der Waals surface area contributed by atoms with E-state index in [1.165, 1.54) is 0 Å². The van der Waals surface area contributed by atoms with Crippen molar-refractivity contribution in [3.05, 3.63) is 24.3 Å². The standard InChI is InChI=1S/C7H14N2/c1-6(2)4-5-7(3)9-8/h4-5,7,9H,1,8H2,2-3H3/b5-4-. The molecule has 0 aromatic heterocycles. The molecule has 0 radical (unpaired) electrons. The van der Waals surface area contributed by atoms with E-state index in [1.807, 2.05) is 26.0 Å². The Morgan fingerprint density at radius 3 is 2.67 bits per heavy atom. The zero-order valence-electron chi connectivity index (χ0n) is 6.02. The van der Waals surface area contributed by atoms with E-state index < -0.39 is 0 Å². The Hall–Kier alpha value is -0.600. The maximum atomic E-state index is 5.13. The number of hydrogen-bond acceptors (Lipinski definition) is 2. The summed E-state index contributed by atoms with van der Waals surface area (Å²) in [5.74, 6) is 5.13. The zero-order valence-corrected chi connectivity index (χ0v) is 6.02. The van der Waals surface area contributed by atoms with E-state index >= 15 is 0 Å². The number of hydrazine groups is 1. The van der Waals surface area contributed by atoms with Gasteiger partial charge in [-0.25, -0.2) is 0 Å². The Bertz CT molecular complexity index is 116. The Morgan fingerprint density at radius 1 is 1.78 bits per heavy atom. The minimum absolute atomic E-state index is 0.224.